The van der Waals surface area contributed by atoms with E-state index in [4.69, 9.17) is 5.73 Å². The molecule has 0 heterocycles. The Balaban J connectivity index is 2.18. The van der Waals surface area contributed by atoms with Crippen LogP contribution >= 0.6 is 0 Å². The molecule has 1 fully saturated rings. The molecule has 1 aromatic rings. The van der Waals surface area contributed by atoms with Crippen molar-refractivity contribution in [2.24, 2.45) is 11.1 Å². The lowest BCUT2D eigenvalue weighted by Gasteiger charge is -2.26. The van der Waals surface area contributed by atoms with Gasteiger partial charge >= 0.3 is 0 Å². The zero-order valence-electron chi connectivity index (χ0n) is 12.7. The Morgan fingerprint density at radius 2 is 1.90 bits per heavy atom. The molecule has 0 bridgehead atoms. The lowest BCUT2D eigenvalue weighted by Crippen LogP contribution is -2.40. The predicted molar refractivity (Wildman–Crippen MR) is 84.1 cm³/mol. The fourth-order valence-corrected chi connectivity index (χ4v) is 2.87. The van der Waals surface area contributed by atoms with Gasteiger partial charge in [-0.1, -0.05) is 18.9 Å². The average molecular weight is 289 g/mol. The molecule has 2 amide bonds. The number of nitrogens with one attached hydrogen (secondary N) is 2. The fraction of sp³-hybridized carbons (Fsp3) is 0.500. The van der Waals surface area contributed by atoms with E-state index in [1.165, 1.54) is 6.92 Å². The molecular formula is C16H23N3O2. The number of anilines is 2. The molecule has 5 heteroatoms. The summed E-state index contributed by atoms with van der Waals surface area (Å²) in [6.07, 6.45) is 3.80. The Bertz CT molecular complexity index is 548. The summed E-state index contributed by atoms with van der Waals surface area (Å²) in [7, 11) is 0. The van der Waals surface area contributed by atoms with E-state index in [9.17, 15) is 9.59 Å². The van der Waals surface area contributed by atoms with E-state index < -0.39 is 5.41 Å². The van der Waals surface area contributed by atoms with Crippen LogP contribution in [0.4, 0.5) is 11.4 Å². The number of hydrogen-bond donors (Lipinski definition) is 3. The smallest absolute Gasteiger partial charge is 0.231 e. The van der Waals surface area contributed by atoms with E-state index in [1.807, 2.05) is 19.1 Å². The van der Waals surface area contributed by atoms with Crippen molar-refractivity contribution in [3.63, 3.8) is 0 Å². The highest BCUT2D eigenvalue weighted by molar-refractivity contribution is 5.97. The van der Waals surface area contributed by atoms with Gasteiger partial charge in [-0.05, 0) is 37.5 Å². The zero-order valence-corrected chi connectivity index (χ0v) is 12.7. The second kappa shape index (κ2) is 6.26. The van der Waals surface area contributed by atoms with Gasteiger partial charge in [-0.25, -0.2) is 0 Å². The molecule has 0 radical (unpaired) electrons. The van der Waals surface area contributed by atoms with Crippen LogP contribution in [0, 0.1) is 12.3 Å². The highest BCUT2D eigenvalue weighted by atomic mass is 16.2. The molecule has 2 rings (SSSR count). The van der Waals surface area contributed by atoms with Crippen LogP contribution in [0.15, 0.2) is 18.2 Å². The largest absolute Gasteiger partial charge is 0.329 e. The lowest BCUT2D eigenvalue weighted by atomic mass is 9.85. The van der Waals surface area contributed by atoms with Gasteiger partial charge in [-0.2, -0.15) is 0 Å². The van der Waals surface area contributed by atoms with Crippen molar-refractivity contribution in [3.8, 4) is 0 Å². The van der Waals surface area contributed by atoms with E-state index in [0.717, 1.165) is 36.9 Å². The fourth-order valence-electron chi connectivity index (χ4n) is 2.87. The summed E-state index contributed by atoms with van der Waals surface area (Å²) < 4.78 is 0. The third-order valence-corrected chi connectivity index (χ3v) is 4.24. The number of amides is 2. The van der Waals surface area contributed by atoms with Crippen molar-refractivity contribution in [2.75, 3.05) is 17.2 Å². The number of aryl methyl sites for hydroxylation is 1. The molecule has 0 spiro atoms. The number of carbonyl (C=O) groups is 2. The SMILES string of the molecule is CC(=O)Nc1ccc(C)c(NC(=O)C2(CN)CCCC2)c1. The van der Waals surface area contributed by atoms with Gasteiger partial charge < -0.3 is 16.4 Å². The van der Waals surface area contributed by atoms with Gasteiger partial charge in [-0.15, -0.1) is 0 Å². The van der Waals surface area contributed by atoms with Crippen LogP contribution in [0.25, 0.3) is 0 Å². The van der Waals surface area contributed by atoms with E-state index in [2.05, 4.69) is 10.6 Å². The summed E-state index contributed by atoms with van der Waals surface area (Å²) in [6.45, 7) is 3.76. The van der Waals surface area contributed by atoms with Gasteiger partial charge in [0.25, 0.3) is 0 Å². The standard InChI is InChI=1S/C16H23N3O2/c1-11-5-6-13(18-12(2)20)9-14(11)19-15(21)16(10-17)7-3-4-8-16/h5-6,9H,3-4,7-8,10,17H2,1-2H3,(H,18,20)(H,19,21). The molecule has 5 nitrogen and oxygen atoms in total. The Morgan fingerprint density at radius 1 is 1.24 bits per heavy atom. The normalized spacial score (nSPS) is 16.5. The van der Waals surface area contributed by atoms with Crippen molar-refractivity contribution in [1.29, 1.82) is 0 Å². The molecule has 0 unspecified atom stereocenters. The molecule has 1 saturated carbocycles. The zero-order chi connectivity index (χ0) is 15.5. The number of benzene rings is 1. The van der Waals surface area contributed by atoms with Gasteiger partial charge in [-0.3, -0.25) is 9.59 Å². The number of rotatable bonds is 4. The Kier molecular flexibility index (Phi) is 4.63. The Labute approximate surface area is 125 Å². The monoisotopic (exact) mass is 289 g/mol. The molecule has 21 heavy (non-hydrogen) atoms. The van der Waals surface area contributed by atoms with Crippen LogP contribution in [0.2, 0.25) is 0 Å². The van der Waals surface area contributed by atoms with Gasteiger partial charge in [0.05, 0.1) is 5.41 Å². The molecule has 1 aliphatic rings. The summed E-state index contributed by atoms with van der Waals surface area (Å²) in [6, 6.07) is 5.49. The maximum atomic E-state index is 12.6. The quantitative estimate of drug-likeness (QED) is 0.795. The first kappa shape index (κ1) is 15.5. The highest BCUT2D eigenvalue weighted by Crippen LogP contribution is 2.38. The first-order valence-corrected chi connectivity index (χ1v) is 7.37. The van der Waals surface area contributed by atoms with Crippen LogP contribution in [0.5, 0.6) is 0 Å². The second-order valence-electron chi connectivity index (χ2n) is 5.86. The van der Waals surface area contributed by atoms with Crippen molar-refractivity contribution < 1.29 is 9.59 Å². The van der Waals surface area contributed by atoms with Crippen molar-refractivity contribution in [3.05, 3.63) is 23.8 Å². The third-order valence-electron chi connectivity index (χ3n) is 4.24. The van der Waals surface area contributed by atoms with Gasteiger partial charge in [0.1, 0.15) is 0 Å². The van der Waals surface area contributed by atoms with Crippen LogP contribution in [-0.4, -0.2) is 18.4 Å². The number of hydrogen-bond acceptors (Lipinski definition) is 3. The van der Waals surface area contributed by atoms with Gasteiger partial charge in [0.2, 0.25) is 11.8 Å². The molecule has 0 aliphatic heterocycles. The van der Waals surface area contributed by atoms with E-state index in [-0.39, 0.29) is 11.8 Å². The summed E-state index contributed by atoms with van der Waals surface area (Å²) in [5.74, 6) is -0.143. The molecule has 1 aliphatic carbocycles. The molecular weight excluding hydrogens is 266 g/mol. The average Bonchev–Trinajstić information content (AvgIpc) is 2.92. The molecule has 4 N–H and O–H groups in total. The first-order valence-electron chi connectivity index (χ1n) is 7.37. The van der Waals surface area contributed by atoms with Crippen molar-refractivity contribution in [2.45, 2.75) is 39.5 Å². The Hall–Kier alpha value is -1.88. The van der Waals surface area contributed by atoms with Gasteiger partial charge in [0.15, 0.2) is 0 Å². The number of nitrogens with two attached hydrogens (primary N) is 1. The van der Waals surface area contributed by atoms with E-state index in [0.29, 0.717) is 12.2 Å². The third kappa shape index (κ3) is 3.42. The topological polar surface area (TPSA) is 84.2 Å². The minimum atomic E-state index is -0.434. The predicted octanol–water partition coefficient (Wildman–Crippen LogP) is 2.41. The van der Waals surface area contributed by atoms with Crippen LogP contribution in [0.1, 0.15) is 38.2 Å². The van der Waals surface area contributed by atoms with Gasteiger partial charge in [0, 0.05) is 24.8 Å². The molecule has 0 aromatic heterocycles. The van der Waals surface area contributed by atoms with Crippen molar-refractivity contribution in [1.82, 2.24) is 0 Å². The maximum absolute atomic E-state index is 12.6. The first-order chi connectivity index (χ1) is 9.97. The van der Waals surface area contributed by atoms with Crippen LogP contribution in [0.3, 0.4) is 0 Å². The molecule has 1 aromatic carbocycles. The van der Waals surface area contributed by atoms with E-state index >= 15 is 0 Å². The minimum absolute atomic E-state index is 0.00873. The van der Waals surface area contributed by atoms with Crippen molar-refractivity contribution >= 4 is 23.2 Å². The Morgan fingerprint density at radius 3 is 2.48 bits per heavy atom. The van der Waals surface area contributed by atoms with Crippen LogP contribution in [-0.2, 0) is 9.59 Å². The highest BCUT2D eigenvalue weighted by Gasteiger charge is 2.39. The maximum Gasteiger partial charge on any atom is 0.231 e. The molecule has 0 saturated heterocycles. The summed E-state index contributed by atoms with van der Waals surface area (Å²) in [4.78, 5) is 23.7. The second-order valence-corrected chi connectivity index (χ2v) is 5.86. The summed E-state index contributed by atoms with van der Waals surface area (Å²) >= 11 is 0. The lowest BCUT2D eigenvalue weighted by molar-refractivity contribution is -0.124. The summed E-state index contributed by atoms with van der Waals surface area (Å²) in [5.41, 5.74) is 7.77. The molecule has 0 atom stereocenters. The molecule has 114 valence electrons. The summed E-state index contributed by atoms with van der Waals surface area (Å²) in [5, 5.41) is 5.71. The van der Waals surface area contributed by atoms with Crippen LogP contribution < -0.4 is 16.4 Å². The van der Waals surface area contributed by atoms with E-state index in [1.54, 1.807) is 6.07 Å². The number of carbonyl (C=O) groups excluding carboxylic acids is 2. The minimum Gasteiger partial charge on any atom is -0.329 e.